The molecule has 4 unspecified atom stereocenters. The second-order valence-electron chi connectivity index (χ2n) is 21.7. The van der Waals surface area contributed by atoms with Crippen molar-refractivity contribution in [2.75, 3.05) is 99.3 Å². The number of rotatable bonds is 12. The number of nitrogens with zero attached hydrogens (tertiary/aromatic N) is 4. The van der Waals surface area contributed by atoms with Crippen LogP contribution in [-0.4, -0.2) is 123 Å². The average molecular weight is 1030 g/mol. The number of aromatic nitrogens is 2. The molecule has 0 spiro atoms. The van der Waals surface area contributed by atoms with Gasteiger partial charge >= 0.3 is 0 Å². The van der Waals surface area contributed by atoms with Gasteiger partial charge in [0.05, 0.1) is 74.5 Å². The van der Waals surface area contributed by atoms with Crippen LogP contribution in [-0.2, 0) is 14.2 Å². The fourth-order valence-corrected chi connectivity index (χ4v) is 12.1. The summed E-state index contributed by atoms with van der Waals surface area (Å²) in [5, 5.41) is 9.58. The molecule has 13 heteroatoms. The Morgan fingerprint density at radius 2 is 0.974 bits per heavy atom. The van der Waals surface area contributed by atoms with Crippen LogP contribution >= 0.6 is 0 Å². The number of ether oxygens (including phenoxy) is 3. The Labute approximate surface area is 451 Å². The highest BCUT2D eigenvalue weighted by Crippen LogP contribution is 2.40. The van der Waals surface area contributed by atoms with Crippen molar-refractivity contribution in [3.05, 3.63) is 167 Å². The van der Waals surface area contributed by atoms with E-state index in [0.717, 1.165) is 102 Å². The summed E-state index contributed by atoms with van der Waals surface area (Å²) in [5.74, 6) is -0.0588. The van der Waals surface area contributed by atoms with Crippen molar-refractivity contribution < 1.29 is 23.8 Å². The molecule has 2 aromatic heterocycles. The molecule has 0 saturated carbocycles. The van der Waals surface area contributed by atoms with Crippen molar-refractivity contribution in [2.24, 2.45) is 0 Å². The number of fused-ring (bicyclic) bond motifs is 4. The Morgan fingerprint density at radius 3 is 1.42 bits per heavy atom. The van der Waals surface area contributed by atoms with E-state index in [4.69, 9.17) is 14.2 Å². The van der Waals surface area contributed by atoms with Crippen LogP contribution in [0.3, 0.4) is 0 Å². The van der Waals surface area contributed by atoms with E-state index in [1.165, 1.54) is 0 Å². The Hall–Kier alpha value is -7.26. The molecule has 77 heavy (non-hydrogen) atoms. The number of nitrogens with one attached hydrogen (secondary N) is 4. The molecule has 0 bridgehead atoms. The van der Waals surface area contributed by atoms with E-state index in [2.05, 4.69) is 167 Å². The van der Waals surface area contributed by atoms with Crippen LogP contribution in [0.2, 0.25) is 0 Å². The molecule has 0 aliphatic carbocycles. The van der Waals surface area contributed by atoms with Gasteiger partial charge in [0.25, 0.3) is 11.8 Å². The summed E-state index contributed by atoms with van der Waals surface area (Å²) in [6.45, 7) is 15.6. The number of aromatic amines is 2. The number of morpholine rings is 2. The van der Waals surface area contributed by atoms with Crippen LogP contribution in [0.15, 0.2) is 134 Å². The van der Waals surface area contributed by atoms with Gasteiger partial charge in [-0.15, -0.1) is 0 Å². The van der Waals surface area contributed by atoms with Crippen molar-refractivity contribution in [3.63, 3.8) is 0 Å². The highest BCUT2D eigenvalue weighted by atomic mass is 16.5. The van der Waals surface area contributed by atoms with Crippen molar-refractivity contribution in [3.8, 4) is 22.3 Å². The molecule has 0 radical (unpaired) electrons. The molecule has 396 valence electrons. The fourth-order valence-electron chi connectivity index (χ4n) is 12.1. The van der Waals surface area contributed by atoms with Crippen LogP contribution in [0.4, 0.5) is 22.7 Å². The van der Waals surface area contributed by atoms with E-state index >= 15 is 9.59 Å². The lowest BCUT2D eigenvalue weighted by Crippen LogP contribution is -2.43. The smallest absolute Gasteiger partial charge is 0.258 e. The number of H-pyrrole nitrogens is 2. The molecular weight excluding hydrogens is 961 g/mol. The van der Waals surface area contributed by atoms with Crippen LogP contribution in [0, 0.1) is 13.8 Å². The first kappa shape index (κ1) is 50.6. The van der Waals surface area contributed by atoms with Crippen LogP contribution in [0.25, 0.3) is 44.1 Å². The Morgan fingerprint density at radius 1 is 0.532 bits per heavy atom. The number of hydrogen-bond donors (Lipinski definition) is 4. The summed E-state index contributed by atoms with van der Waals surface area (Å²) >= 11 is 0. The minimum atomic E-state index is -0.235. The monoisotopic (exact) mass is 1030 g/mol. The summed E-state index contributed by atoms with van der Waals surface area (Å²) < 4.78 is 19.3. The van der Waals surface area contributed by atoms with Gasteiger partial charge in [-0.3, -0.25) is 19.4 Å². The second kappa shape index (κ2) is 22.0. The third kappa shape index (κ3) is 10.5. The van der Waals surface area contributed by atoms with Crippen LogP contribution in [0.1, 0.15) is 81.7 Å². The summed E-state index contributed by atoms with van der Waals surface area (Å²) in [7, 11) is 0. The van der Waals surface area contributed by atoms with E-state index in [1.54, 1.807) is 0 Å². The predicted molar refractivity (Wildman–Crippen MR) is 310 cm³/mol. The number of carbonyl (C=O) groups excluding carboxylic acids is 2. The summed E-state index contributed by atoms with van der Waals surface area (Å²) in [6.07, 6.45) is 5.59. The summed E-state index contributed by atoms with van der Waals surface area (Å²) in [4.78, 5) is 45.9. The van der Waals surface area contributed by atoms with Crippen molar-refractivity contribution in [1.29, 1.82) is 0 Å². The first-order valence-electron chi connectivity index (χ1n) is 27.6. The first-order valence-corrected chi connectivity index (χ1v) is 27.6. The van der Waals surface area contributed by atoms with Gasteiger partial charge in [-0.1, -0.05) is 36.4 Å². The maximum atomic E-state index is 15.2. The summed E-state index contributed by atoms with van der Waals surface area (Å²) in [6, 6.07) is 42.5. The van der Waals surface area contributed by atoms with Crippen molar-refractivity contribution >= 4 is 56.4 Å². The molecule has 4 aliphatic rings. The minimum Gasteiger partial charge on any atom is -0.381 e. The van der Waals surface area contributed by atoms with Gasteiger partial charge in [0.15, 0.2) is 0 Å². The van der Waals surface area contributed by atoms with Gasteiger partial charge < -0.3 is 44.6 Å². The highest BCUT2D eigenvalue weighted by molar-refractivity contribution is 6.09. The Bertz CT molecular complexity index is 3220. The minimum absolute atomic E-state index is 0.0294. The molecular formula is C64H70N8O5. The van der Waals surface area contributed by atoms with Crippen molar-refractivity contribution in [2.45, 2.75) is 64.7 Å². The van der Waals surface area contributed by atoms with Gasteiger partial charge in [0.2, 0.25) is 0 Å². The lowest BCUT2D eigenvalue weighted by molar-refractivity contribution is -0.0361. The average Bonchev–Trinajstić information content (AvgIpc) is 4.07. The lowest BCUT2D eigenvalue weighted by Gasteiger charge is -2.38. The van der Waals surface area contributed by atoms with E-state index in [-0.39, 0.29) is 36.0 Å². The molecule has 13 nitrogen and oxygen atoms in total. The molecule has 2 saturated heterocycles. The topological polar surface area (TPSA) is 130 Å². The maximum absolute atomic E-state index is 15.2. The molecule has 4 atom stereocenters. The third-order valence-electron chi connectivity index (χ3n) is 16.3. The lowest BCUT2D eigenvalue weighted by atomic mass is 9.90. The SMILES string of the molecule is Cc1ccc2c(c1)NC(C)CCN2C(=O)c1ccc(-c2ccc3[nH]ccc3c2)c(C(COCC(c2cc(C(=O)N3CCC(C)Nc4cc(C)ccc43)ccc2-c2ccc3[nH]ccc3c2)N2CCOCC2)N2CCOCC2)c1. The molecule has 2 fully saturated rings. The Kier molecular flexibility index (Phi) is 14.4. The van der Waals surface area contributed by atoms with E-state index < -0.39 is 0 Å². The van der Waals surface area contributed by atoms with E-state index in [9.17, 15) is 0 Å². The normalized spacial score (nSPS) is 19.2. The number of benzene rings is 6. The fraction of sp³-hybridized carbons (Fsp3) is 0.344. The summed E-state index contributed by atoms with van der Waals surface area (Å²) in [5.41, 5.74) is 15.8. The van der Waals surface area contributed by atoms with Crippen LogP contribution in [0.5, 0.6) is 0 Å². The van der Waals surface area contributed by atoms with Gasteiger partial charge in [0, 0.05) is 85.9 Å². The van der Waals surface area contributed by atoms with E-state index in [0.29, 0.717) is 90.0 Å². The quantitative estimate of drug-likeness (QED) is 0.0945. The third-order valence-corrected chi connectivity index (χ3v) is 16.3. The standard InChI is InChI=1S/C64H70N8O5/c1-41-5-15-59-57(33-41)67-43(3)19-23-71(59)63(73)49-7-11-51(45-9-13-55-47(35-45)17-21-65-55)53(37-49)61(69-25-29-75-30-26-69)39-77-40-62(70-27-31-76-32-28-70)54-38-50(8-12-52(54)46-10-14-56-48(36-46)18-22-66-56)64(74)72-24-20-44(4)68-58-34-42(2)6-16-60(58)72/h5-18,21-22,33-38,43-44,61-62,65-68H,19-20,23-32,39-40H2,1-4H3. The number of hydrogen-bond acceptors (Lipinski definition) is 9. The maximum Gasteiger partial charge on any atom is 0.258 e. The van der Waals surface area contributed by atoms with Gasteiger partial charge in [-0.25, -0.2) is 0 Å². The van der Waals surface area contributed by atoms with Gasteiger partial charge in [-0.2, -0.15) is 0 Å². The van der Waals surface area contributed by atoms with E-state index in [1.807, 2.05) is 34.3 Å². The number of amides is 2. The largest absolute Gasteiger partial charge is 0.381 e. The molecule has 6 heterocycles. The molecule has 6 aromatic carbocycles. The van der Waals surface area contributed by atoms with Gasteiger partial charge in [-0.05, 0) is 181 Å². The Balaban J connectivity index is 0.939. The number of carbonyl (C=O) groups is 2. The zero-order valence-corrected chi connectivity index (χ0v) is 44.7. The molecule has 4 N–H and O–H groups in total. The van der Waals surface area contributed by atoms with Crippen molar-refractivity contribution in [1.82, 2.24) is 19.8 Å². The number of anilines is 4. The number of aryl methyl sites for hydroxylation is 2. The molecule has 8 aromatic rings. The van der Waals surface area contributed by atoms with Crippen LogP contribution < -0.4 is 20.4 Å². The first-order chi connectivity index (χ1) is 37.6. The molecule has 4 aliphatic heterocycles. The predicted octanol–water partition coefficient (Wildman–Crippen LogP) is 11.8. The second-order valence-corrected chi connectivity index (χ2v) is 21.7. The molecule has 2 amide bonds. The zero-order chi connectivity index (χ0) is 52.6. The highest BCUT2D eigenvalue weighted by Gasteiger charge is 2.33. The van der Waals surface area contributed by atoms with Gasteiger partial charge in [0.1, 0.15) is 0 Å². The molecule has 12 rings (SSSR count). The zero-order valence-electron chi connectivity index (χ0n) is 44.7.